The molecular weight excluding hydrogens is 264 g/mol. The molecule has 0 fully saturated rings. The van der Waals surface area contributed by atoms with Crippen molar-refractivity contribution in [1.29, 1.82) is 0 Å². The summed E-state index contributed by atoms with van der Waals surface area (Å²) in [6.45, 7) is 4.55. The third-order valence-electron chi connectivity index (χ3n) is 4.61. The van der Waals surface area contributed by atoms with Crippen LogP contribution in [-0.2, 0) is 12.8 Å². The molecule has 2 aromatic carbocycles. The van der Waals surface area contributed by atoms with E-state index in [2.05, 4.69) is 50.2 Å². The molecule has 0 bridgehead atoms. The fourth-order valence-corrected chi connectivity index (χ4v) is 3.17. The van der Waals surface area contributed by atoms with Gasteiger partial charge in [0.25, 0.3) is 0 Å². The van der Waals surface area contributed by atoms with Gasteiger partial charge in [-0.2, -0.15) is 0 Å². The standard InChI is InChI=1S/C22H32/c1-3-5-7-9-11-19-13-15-21-16-14-20(18-22(21)17-19)12-10-8-6-4-2/h13-18H,3-12H2,1-2H3. The normalized spacial score (nSPS) is 11.2. The van der Waals surface area contributed by atoms with Crippen molar-refractivity contribution < 1.29 is 0 Å². The summed E-state index contributed by atoms with van der Waals surface area (Å²) in [5.74, 6) is 0. The minimum Gasteiger partial charge on any atom is -0.0654 e. The third-order valence-corrected chi connectivity index (χ3v) is 4.61. The van der Waals surface area contributed by atoms with E-state index in [1.54, 1.807) is 0 Å². The van der Waals surface area contributed by atoms with Gasteiger partial charge in [0.05, 0.1) is 0 Å². The first-order valence-corrected chi connectivity index (χ1v) is 9.35. The summed E-state index contributed by atoms with van der Waals surface area (Å²) in [4.78, 5) is 0. The minimum absolute atomic E-state index is 1.23. The predicted octanol–water partition coefficient (Wildman–Crippen LogP) is 7.09. The molecule has 0 amide bonds. The van der Waals surface area contributed by atoms with Gasteiger partial charge in [0.15, 0.2) is 0 Å². The zero-order valence-corrected chi connectivity index (χ0v) is 14.5. The number of fused-ring (bicyclic) bond motifs is 1. The highest BCUT2D eigenvalue weighted by molar-refractivity contribution is 5.83. The van der Waals surface area contributed by atoms with Crippen molar-refractivity contribution in [3.63, 3.8) is 0 Å². The van der Waals surface area contributed by atoms with E-state index in [4.69, 9.17) is 0 Å². The zero-order chi connectivity index (χ0) is 15.6. The Labute approximate surface area is 136 Å². The second-order valence-electron chi connectivity index (χ2n) is 6.64. The van der Waals surface area contributed by atoms with Crippen LogP contribution in [0.4, 0.5) is 0 Å². The molecule has 22 heavy (non-hydrogen) atoms. The van der Waals surface area contributed by atoms with Crippen molar-refractivity contribution in [1.82, 2.24) is 0 Å². The zero-order valence-electron chi connectivity index (χ0n) is 14.5. The van der Waals surface area contributed by atoms with Gasteiger partial charge in [-0.05, 0) is 47.6 Å². The van der Waals surface area contributed by atoms with E-state index in [1.165, 1.54) is 86.1 Å². The van der Waals surface area contributed by atoms with Gasteiger partial charge < -0.3 is 0 Å². The maximum Gasteiger partial charge on any atom is -0.0179 e. The smallest absolute Gasteiger partial charge is 0.0179 e. The van der Waals surface area contributed by atoms with Gasteiger partial charge in [0.1, 0.15) is 0 Å². The number of benzene rings is 2. The highest BCUT2D eigenvalue weighted by Gasteiger charge is 2.00. The van der Waals surface area contributed by atoms with Crippen LogP contribution < -0.4 is 0 Å². The van der Waals surface area contributed by atoms with Gasteiger partial charge >= 0.3 is 0 Å². The maximum absolute atomic E-state index is 2.41. The summed E-state index contributed by atoms with van der Waals surface area (Å²) in [6.07, 6.45) is 13.2. The van der Waals surface area contributed by atoms with Crippen LogP contribution in [0, 0.1) is 0 Å². The molecule has 0 atom stereocenters. The van der Waals surface area contributed by atoms with E-state index in [1.807, 2.05) is 0 Å². The van der Waals surface area contributed by atoms with Crippen LogP contribution in [0.3, 0.4) is 0 Å². The Hall–Kier alpha value is -1.30. The lowest BCUT2D eigenvalue weighted by Crippen LogP contribution is -1.89. The fraction of sp³-hybridized carbons (Fsp3) is 0.545. The first kappa shape index (κ1) is 17.1. The molecule has 0 saturated heterocycles. The monoisotopic (exact) mass is 296 g/mol. The molecule has 0 aliphatic rings. The summed E-state index contributed by atoms with van der Waals surface area (Å²) in [5, 5.41) is 2.82. The van der Waals surface area contributed by atoms with Crippen LogP contribution in [0.2, 0.25) is 0 Å². The number of hydrogen-bond donors (Lipinski definition) is 0. The molecule has 0 aromatic heterocycles. The Bertz CT molecular complexity index is 506. The highest BCUT2D eigenvalue weighted by atomic mass is 14.1. The van der Waals surface area contributed by atoms with Crippen LogP contribution in [0.25, 0.3) is 10.8 Å². The van der Waals surface area contributed by atoms with Crippen LogP contribution in [0.15, 0.2) is 36.4 Å². The Morgan fingerprint density at radius 2 is 1.05 bits per heavy atom. The van der Waals surface area contributed by atoms with Gasteiger partial charge in [-0.1, -0.05) is 88.8 Å². The number of aryl methyl sites for hydroxylation is 2. The molecule has 2 rings (SSSR count). The van der Waals surface area contributed by atoms with E-state index in [0.717, 1.165) is 0 Å². The molecule has 0 nitrogen and oxygen atoms in total. The molecule has 0 heteroatoms. The maximum atomic E-state index is 2.41. The van der Waals surface area contributed by atoms with Gasteiger partial charge in [-0.3, -0.25) is 0 Å². The molecule has 120 valence electrons. The van der Waals surface area contributed by atoms with Crippen molar-refractivity contribution in [3.05, 3.63) is 47.5 Å². The summed E-state index contributed by atoms with van der Waals surface area (Å²) in [7, 11) is 0. The van der Waals surface area contributed by atoms with Crippen LogP contribution in [0.5, 0.6) is 0 Å². The topological polar surface area (TPSA) is 0 Å². The van der Waals surface area contributed by atoms with Crippen molar-refractivity contribution in [3.8, 4) is 0 Å². The van der Waals surface area contributed by atoms with Gasteiger partial charge in [-0.25, -0.2) is 0 Å². The van der Waals surface area contributed by atoms with E-state index in [9.17, 15) is 0 Å². The van der Waals surface area contributed by atoms with Crippen LogP contribution >= 0.6 is 0 Å². The number of unbranched alkanes of at least 4 members (excludes halogenated alkanes) is 6. The second-order valence-corrected chi connectivity index (χ2v) is 6.64. The van der Waals surface area contributed by atoms with E-state index >= 15 is 0 Å². The third kappa shape index (κ3) is 5.48. The second kappa shape index (κ2) is 9.66. The first-order chi connectivity index (χ1) is 10.8. The quantitative estimate of drug-likeness (QED) is 0.411. The van der Waals surface area contributed by atoms with Gasteiger partial charge in [-0.15, -0.1) is 0 Å². The molecule has 0 radical (unpaired) electrons. The number of hydrogen-bond acceptors (Lipinski definition) is 0. The molecular formula is C22H32. The SMILES string of the molecule is CCCCCCc1ccc2ccc(CCCCCC)cc2c1. The van der Waals surface area contributed by atoms with Gasteiger partial charge in [0.2, 0.25) is 0 Å². The Kier molecular flexibility index (Phi) is 7.49. The van der Waals surface area contributed by atoms with E-state index in [-0.39, 0.29) is 0 Å². The summed E-state index contributed by atoms with van der Waals surface area (Å²) in [6, 6.07) is 14.1. The summed E-state index contributed by atoms with van der Waals surface area (Å²) < 4.78 is 0. The molecule has 0 heterocycles. The van der Waals surface area contributed by atoms with Crippen LogP contribution in [0.1, 0.15) is 76.3 Å². The lowest BCUT2D eigenvalue weighted by molar-refractivity contribution is 0.666. The average molecular weight is 296 g/mol. The van der Waals surface area contributed by atoms with Crippen molar-refractivity contribution in [2.75, 3.05) is 0 Å². The van der Waals surface area contributed by atoms with Crippen molar-refractivity contribution in [2.24, 2.45) is 0 Å². The van der Waals surface area contributed by atoms with Gasteiger partial charge in [0, 0.05) is 0 Å². The summed E-state index contributed by atoms with van der Waals surface area (Å²) >= 11 is 0. The molecule has 0 aliphatic carbocycles. The Morgan fingerprint density at radius 1 is 0.545 bits per heavy atom. The van der Waals surface area contributed by atoms with Crippen molar-refractivity contribution in [2.45, 2.75) is 78.1 Å². The molecule has 0 N–H and O–H groups in total. The molecule has 0 spiro atoms. The summed E-state index contributed by atoms with van der Waals surface area (Å²) in [5.41, 5.74) is 3.01. The molecule has 2 aromatic rings. The van der Waals surface area contributed by atoms with E-state index in [0.29, 0.717) is 0 Å². The molecule has 0 aliphatic heterocycles. The Balaban J connectivity index is 1.96. The number of rotatable bonds is 10. The largest absolute Gasteiger partial charge is 0.0654 e. The highest BCUT2D eigenvalue weighted by Crippen LogP contribution is 2.20. The lowest BCUT2D eigenvalue weighted by atomic mass is 9.99. The first-order valence-electron chi connectivity index (χ1n) is 9.35. The minimum atomic E-state index is 1.23. The Morgan fingerprint density at radius 3 is 1.50 bits per heavy atom. The van der Waals surface area contributed by atoms with Crippen LogP contribution in [-0.4, -0.2) is 0 Å². The lowest BCUT2D eigenvalue weighted by Gasteiger charge is -2.07. The van der Waals surface area contributed by atoms with E-state index < -0.39 is 0 Å². The fourth-order valence-electron chi connectivity index (χ4n) is 3.17. The molecule has 0 saturated carbocycles. The molecule has 0 unspecified atom stereocenters. The van der Waals surface area contributed by atoms with Crippen molar-refractivity contribution >= 4 is 10.8 Å². The average Bonchev–Trinajstić information content (AvgIpc) is 2.55. The predicted molar refractivity (Wildman–Crippen MR) is 99.6 cm³/mol.